The molecule has 0 fully saturated rings. The molecule has 0 aromatic rings. The van der Waals surface area contributed by atoms with Crippen molar-refractivity contribution in [1.29, 1.82) is 0 Å². The van der Waals surface area contributed by atoms with Gasteiger partial charge in [-0.3, -0.25) is 0 Å². The molecule has 0 aliphatic heterocycles. The Morgan fingerprint density at radius 2 is 2.50 bits per heavy atom. The van der Waals surface area contributed by atoms with Crippen LogP contribution in [0.1, 0.15) is 19.8 Å². The second-order valence-corrected chi connectivity index (χ2v) is 3.69. The summed E-state index contributed by atoms with van der Waals surface area (Å²) < 4.78 is 0. The van der Waals surface area contributed by atoms with E-state index in [1.165, 1.54) is 0 Å². The number of aliphatic hydroxyl groups excluding tert-OH is 1. The molecule has 0 radical (unpaired) electrons. The molecule has 1 N–H and O–H groups in total. The Bertz CT molecular complexity index is 208. The average molecular weight is 187 g/mol. The second-order valence-electron chi connectivity index (χ2n) is 3.42. The highest BCUT2D eigenvalue weighted by atomic mass is 35.5. The molecule has 1 rings (SSSR count). The Labute approximate surface area is 78.7 Å². The lowest BCUT2D eigenvalue weighted by Gasteiger charge is -2.25. The fourth-order valence-electron chi connectivity index (χ4n) is 1.46. The molecule has 0 aromatic heterocycles. The normalized spacial score (nSPS) is 29.8. The molecule has 0 unspecified atom stereocenters. The van der Waals surface area contributed by atoms with Crippen LogP contribution in [0.4, 0.5) is 0 Å². The SMILES string of the molecule is C=C(CCl)[C@@H]1CC=C(C)[C@H](O)C1. The summed E-state index contributed by atoms with van der Waals surface area (Å²) in [5.41, 5.74) is 2.12. The molecule has 1 aliphatic carbocycles. The zero-order valence-corrected chi connectivity index (χ0v) is 8.14. The number of allylic oxidation sites excluding steroid dienone is 2. The fraction of sp³-hybridized carbons (Fsp3) is 0.600. The highest BCUT2D eigenvalue weighted by molar-refractivity contribution is 6.19. The third kappa shape index (κ3) is 2.11. The lowest BCUT2D eigenvalue weighted by Crippen LogP contribution is -2.20. The second kappa shape index (κ2) is 4.11. The van der Waals surface area contributed by atoms with Crippen LogP contribution in [0.3, 0.4) is 0 Å². The number of hydrogen-bond donors (Lipinski definition) is 1. The molecule has 0 amide bonds. The Morgan fingerprint density at radius 3 is 3.00 bits per heavy atom. The van der Waals surface area contributed by atoms with Gasteiger partial charge in [0.25, 0.3) is 0 Å². The van der Waals surface area contributed by atoms with Crippen LogP contribution < -0.4 is 0 Å². The van der Waals surface area contributed by atoms with E-state index in [-0.39, 0.29) is 6.10 Å². The minimum absolute atomic E-state index is 0.288. The lowest BCUT2D eigenvalue weighted by molar-refractivity contribution is 0.174. The van der Waals surface area contributed by atoms with Gasteiger partial charge in [0, 0.05) is 5.88 Å². The molecule has 0 saturated carbocycles. The molecule has 0 heterocycles. The van der Waals surface area contributed by atoms with Gasteiger partial charge < -0.3 is 5.11 Å². The van der Waals surface area contributed by atoms with E-state index in [2.05, 4.69) is 12.7 Å². The van der Waals surface area contributed by atoms with E-state index in [1.807, 2.05) is 6.92 Å². The number of halogens is 1. The summed E-state index contributed by atoms with van der Waals surface area (Å²) in [6.45, 7) is 5.85. The van der Waals surface area contributed by atoms with Crippen LogP contribution in [0.15, 0.2) is 23.8 Å². The van der Waals surface area contributed by atoms with E-state index in [0.29, 0.717) is 11.8 Å². The van der Waals surface area contributed by atoms with E-state index in [1.54, 1.807) is 0 Å². The fourth-order valence-corrected chi connectivity index (χ4v) is 1.68. The summed E-state index contributed by atoms with van der Waals surface area (Å²) in [5.74, 6) is 0.880. The van der Waals surface area contributed by atoms with Gasteiger partial charge in [-0.15, -0.1) is 11.6 Å². The quantitative estimate of drug-likeness (QED) is 0.519. The van der Waals surface area contributed by atoms with Gasteiger partial charge in [0.15, 0.2) is 0 Å². The molecular weight excluding hydrogens is 172 g/mol. The van der Waals surface area contributed by atoms with Crippen molar-refractivity contribution in [3.05, 3.63) is 23.8 Å². The van der Waals surface area contributed by atoms with Gasteiger partial charge in [0.2, 0.25) is 0 Å². The number of aliphatic hydroxyl groups is 1. The van der Waals surface area contributed by atoms with E-state index >= 15 is 0 Å². The van der Waals surface area contributed by atoms with E-state index < -0.39 is 0 Å². The maximum absolute atomic E-state index is 9.54. The van der Waals surface area contributed by atoms with Crippen molar-refractivity contribution in [2.24, 2.45) is 5.92 Å². The predicted molar refractivity (Wildman–Crippen MR) is 52.3 cm³/mol. The summed E-state index contributed by atoms with van der Waals surface area (Å²) in [6.07, 6.45) is 3.56. The van der Waals surface area contributed by atoms with Crippen molar-refractivity contribution < 1.29 is 5.11 Å². The van der Waals surface area contributed by atoms with Crippen LogP contribution in [0.25, 0.3) is 0 Å². The first-order chi connectivity index (χ1) is 5.65. The standard InChI is InChI=1S/C10H15ClO/c1-7-3-4-9(5-10(7)12)8(2)6-11/h3,9-10,12H,2,4-6H2,1H3/t9-,10-/m1/s1. The van der Waals surface area contributed by atoms with Gasteiger partial charge >= 0.3 is 0 Å². The zero-order chi connectivity index (χ0) is 9.14. The minimum atomic E-state index is -0.288. The van der Waals surface area contributed by atoms with Crippen molar-refractivity contribution in [3.63, 3.8) is 0 Å². The summed E-state index contributed by atoms with van der Waals surface area (Å²) in [6, 6.07) is 0. The van der Waals surface area contributed by atoms with Crippen molar-refractivity contribution in [2.75, 3.05) is 5.88 Å². The Morgan fingerprint density at radius 1 is 1.83 bits per heavy atom. The zero-order valence-electron chi connectivity index (χ0n) is 7.39. The van der Waals surface area contributed by atoms with Crippen LogP contribution in [-0.2, 0) is 0 Å². The molecule has 0 bridgehead atoms. The summed E-state index contributed by atoms with van der Waals surface area (Å²) in [5, 5.41) is 9.54. The molecule has 2 atom stereocenters. The predicted octanol–water partition coefficient (Wildman–Crippen LogP) is 2.50. The number of alkyl halides is 1. The molecule has 0 spiro atoms. The highest BCUT2D eigenvalue weighted by Crippen LogP contribution is 2.28. The smallest absolute Gasteiger partial charge is 0.0753 e. The minimum Gasteiger partial charge on any atom is -0.389 e. The van der Waals surface area contributed by atoms with E-state index in [9.17, 15) is 5.11 Å². The highest BCUT2D eigenvalue weighted by Gasteiger charge is 2.21. The van der Waals surface area contributed by atoms with E-state index in [0.717, 1.165) is 24.0 Å². The first-order valence-corrected chi connectivity index (χ1v) is 4.77. The van der Waals surface area contributed by atoms with Gasteiger partial charge in [0.05, 0.1) is 6.10 Å². The third-order valence-corrected chi connectivity index (χ3v) is 2.85. The van der Waals surface area contributed by atoms with Crippen molar-refractivity contribution in [2.45, 2.75) is 25.9 Å². The number of hydrogen-bond acceptors (Lipinski definition) is 1. The van der Waals surface area contributed by atoms with Crippen molar-refractivity contribution >= 4 is 11.6 Å². The maximum atomic E-state index is 9.54. The topological polar surface area (TPSA) is 20.2 Å². The van der Waals surface area contributed by atoms with Crippen molar-refractivity contribution in [3.8, 4) is 0 Å². The largest absolute Gasteiger partial charge is 0.389 e. The van der Waals surface area contributed by atoms with Gasteiger partial charge in [-0.2, -0.15) is 0 Å². The van der Waals surface area contributed by atoms with Crippen LogP contribution in [0, 0.1) is 5.92 Å². The van der Waals surface area contributed by atoms with Gasteiger partial charge in [0.1, 0.15) is 0 Å². The van der Waals surface area contributed by atoms with Crippen LogP contribution in [0.5, 0.6) is 0 Å². The van der Waals surface area contributed by atoms with Crippen LogP contribution in [0.2, 0.25) is 0 Å². The van der Waals surface area contributed by atoms with Gasteiger partial charge in [-0.25, -0.2) is 0 Å². The summed E-state index contributed by atoms with van der Waals surface area (Å²) in [7, 11) is 0. The first-order valence-electron chi connectivity index (χ1n) is 4.23. The summed E-state index contributed by atoms with van der Waals surface area (Å²) in [4.78, 5) is 0. The van der Waals surface area contributed by atoms with Crippen molar-refractivity contribution in [1.82, 2.24) is 0 Å². The van der Waals surface area contributed by atoms with Crippen LogP contribution in [-0.4, -0.2) is 17.1 Å². The Kier molecular flexibility index (Phi) is 3.36. The average Bonchev–Trinajstić information content (AvgIpc) is 2.08. The lowest BCUT2D eigenvalue weighted by atomic mass is 9.84. The first kappa shape index (κ1) is 9.82. The van der Waals surface area contributed by atoms with Gasteiger partial charge in [-0.1, -0.05) is 18.2 Å². The molecule has 0 aromatic carbocycles. The molecule has 2 heteroatoms. The molecule has 1 aliphatic rings. The summed E-state index contributed by atoms with van der Waals surface area (Å²) >= 11 is 5.67. The Hall–Kier alpha value is -0.270. The monoisotopic (exact) mass is 186 g/mol. The number of rotatable bonds is 2. The molecule has 68 valence electrons. The van der Waals surface area contributed by atoms with E-state index in [4.69, 9.17) is 11.6 Å². The molecule has 12 heavy (non-hydrogen) atoms. The maximum Gasteiger partial charge on any atom is 0.0753 e. The Balaban J connectivity index is 2.59. The third-order valence-electron chi connectivity index (χ3n) is 2.51. The van der Waals surface area contributed by atoms with Gasteiger partial charge in [-0.05, 0) is 31.3 Å². The van der Waals surface area contributed by atoms with Crippen LogP contribution >= 0.6 is 11.6 Å². The molecule has 0 saturated heterocycles. The molecular formula is C10H15ClO. The molecule has 1 nitrogen and oxygen atoms in total.